The average molecular weight is 280 g/mol. The number of aromatic amines is 1. The summed E-state index contributed by atoms with van der Waals surface area (Å²) in [5.41, 5.74) is 0.564. The molecule has 1 aliphatic carbocycles. The highest BCUT2D eigenvalue weighted by atomic mass is 32.1. The Morgan fingerprint density at radius 3 is 2.42 bits per heavy atom. The van der Waals surface area contributed by atoms with Crippen LogP contribution in [0.25, 0.3) is 0 Å². The highest BCUT2D eigenvalue weighted by Gasteiger charge is 2.34. The lowest BCUT2D eigenvalue weighted by Crippen LogP contribution is -2.40. The Balaban J connectivity index is 1.77. The third-order valence-corrected chi connectivity index (χ3v) is 5.49. The van der Waals surface area contributed by atoms with Crippen LogP contribution < -0.4 is 4.90 Å². The van der Waals surface area contributed by atoms with Gasteiger partial charge in [0, 0.05) is 19.1 Å². The number of rotatable bonds is 4. The van der Waals surface area contributed by atoms with Gasteiger partial charge in [0.2, 0.25) is 5.95 Å². The molecular weight excluding hydrogens is 256 g/mol. The second-order valence-corrected chi connectivity index (χ2v) is 6.51. The Labute approximate surface area is 120 Å². The molecule has 0 atom stereocenters. The van der Waals surface area contributed by atoms with E-state index in [2.05, 4.69) is 33.5 Å². The van der Waals surface area contributed by atoms with Crippen molar-refractivity contribution in [3.8, 4) is 0 Å². The zero-order chi connectivity index (χ0) is 13.5. The molecule has 5 heteroatoms. The van der Waals surface area contributed by atoms with Gasteiger partial charge in [-0.3, -0.25) is 4.57 Å². The third kappa shape index (κ3) is 2.33. The molecule has 0 unspecified atom stereocenters. The van der Waals surface area contributed by atoms with Gasteiger partial charge in [-0.1, -0.05) is 26.7 Å². The number of anilines is 1. The Bertz CT molecular complexity index is 486. The van der Waals surface area contributed by atoms with Gasteiger partial charge >= 0.3 is 0 Å². The molecular formula is C14H24N4S. The van der Waals surface area contributed by atoms with Crippen LogP contribution in [0.3, 0.4) is 0 Å². The fourth-order valence-electron chi connectivity index (χ4n) is 3.32. The van der Waals surface area contributed by atoms with Crippen molar-refractivity contribution in [2.24, 2.45) is 5.41 Å². The third-order valence-electron chi connectivity index (χ3n) is 5.20. The summed E-state index contributed by atoms with van der Waals surface area (Å²) in [5.74, 6) is 1.08. The second-order valence-electron chi connectivity index (χ2n) is 6.12. The maximum atomic E-state index is 5.37. The minimum absolute atomic E-state index is 0.564. The Morgan fingerprint density at radius 2 is 1.89 bits per heavy atom. The first kappa shape index (κ1) is 13.2. The van der Waals surface area contributed by atoms with Crippen molar-refractivity contribution in [1.29, 1.82) is 0 Å². The van der Waals surface area contributed by atoms with Gasteiger partial charge in [0.1, 0.15) is 0 Å². The summed E-state index contributed by atoms with van der Waals surface area (Å²) >= 11 is 5.37. The van der Waals surface area contributed by atoms with Crippen molar-refractivity contribution < 1.29 is 0 Å². The van der Waals surface area contributed by atoms with Crippen molar-refractivity contribution in [1.82, 2.24) is 14.8 Å². The monoisotopic (exact) mass is 280 g/mol. The molecule has 2 aliphatic rings. The smallest absolute Gasteiger partial charge is 0.225 e. The fourth-order valence-corrected chi connectivity index (χ4v) is 3.60. The van der Waals surface area contributed by atoms with Crippen LogP contribution in [0.5, 0.6) is 0 Å². The maximum Gasteiger partial charge on any atom is 0.225 e. The molecule has 1 aliphatic heterocycles. The van der Waals surface area contributed by atoms with E-state index in [9.17, 15) is 0 Å². The molecule has 1 aromatic rings. The lowest BCUT2D eigenvalue weighted by molar-refractivity contribution is 0.198. The minimum Gasteiger partial charge on any atom is -0.341 e. The molecule has 0 aromatic carbocycles. The average Bonchev–Trinajstić information content (AvgIpc) is 3.22. The Morgan fingerprint density at radius 1 is 1.26 bits per heavy atom. The predicted molar refractivity (Wildman–Crippen MR) is 80.1 cm³/mol. The van der Waals surface area contributed by atoms with E-state index in [1.54, 1.807) is 0 Å². The summed E-state index contributed by atoms with van der Waals surface area (Å²) in [7, 11) is 0. The highest BCUT2D eigenvalue weighted by molar-refractivity contribution is 7.71. The van der Waals surface area contributed by atoms with E-state index >= 15 is 0 Å². The summed E-state index contributed by atoms with van der Waals surface area (Å²) in [5, 5.41) is 7.45. The molecule has 1 saturated heterocycles. The number of piperidine rings is 1. The maximum absolute atomic E-state index is 5.37. The topological polar surface area (TPSA) is 36.9 Å². The summed E-state index contributed by atoms with van der Waals surface area (Å²) in [6, 6.07) is 0.602. The summed E-state index contributed by atoms with van der Waals surface area (Å²) in [6.45, 7) is 6.90. The first-order valence-electron chi connectivity index (χ1n) is 7.61. The van der Waals surface area contributed by atoms with Crippen LogP contribution in [0.15, 0.2) is 0 Å². The van der Waals surface area contributed by atoms with Crippen molar-refractivity contribution >= 4 is 18.2 Å². The van der Waals surface area contributed by atoms with Crippen molar-refractivity contribution in [3.63, 3.8) is 0 Å². The van der Waals surface area contributed by atoms with Crippen LogP contribution in [0, 0.1) is 10.2 Å². The normalized spacial score (nSPS) is 22.7. The first-order chi connectivity index (χ1) is 9.19. The van der Waals surface area contributed by atoms with Crippen molar-refractivity contribution in [2.75, 3.05) is 18.0 Å². The Kier molecular flexibility index (Phi) is 3.41. The molecule has 2 fully saturated rings. The van der Waals surface area contributed by atoms with Crippen LogP contribution in [-0.4, -0.2) is 27.9 Å². The molecule has 4 nitrogen and oxygen atoms in total. The number of nitrogens with zero attached hydrogens (tertiary/aromatic N) is 3. The fraction of sp³-hybridized carbons (Fsp3) is 0.857. The van der Waals surface area contributed by atoms with Gasteiger partial charge < -0.3 is 4.90 Å². The van der Waals surface area contributed by atoms with Crippen LogP contribution in [0.1, 0.15) is 58.4 Å². The number of hydrogen-bond donors (Lipinski definition) is 1. The van der Waals surface area contributed by atoms with Crippen LogP contribution in [0.2, 0.25) is 0 Å². The quantitative estimate of drug-likeness (QED) is 0.855. The van der Waals surface area contributed by atoms with Gasteiger partial charge in [-0.15, -0.1) is 5.10 Å². The van der Waals surface area contributed by atoms with Crippen LogP contribution in [0.4, 0.5) is 5.95 Å². The SMILES string of the molecule is CCC1(CC)CCN(c2n[nH]c(=S)n2C2CC2)CC1. The molecule has 0 radical (unpaired) electrons. The molecule has 0 spiro atoms. The summed E-state index contributed by atoms with van der Waals surface area (Å²) in [6.07, 6.45) is 7.67. The van der Waals surface area contributed by atoms with Gasteiger partial charge in [-0.2, -0.15) is 0 Å². The standard InChI is InChI=1S/C14H24N4S/c1-3-14(4-2)7-9-17(10-8-14)12-15-16-13(19)18(12)11-5-6-11/h11H,3-10H2,1-2H3,(H,16,19). The summed E-state index contributed by atoms with van der Waals surface area (Å²) < 4.78 is 3.03. The van der Waals surface area contributed by atoms with E-state index in [4.69, 9.17) is 12.2 Å². The molecule has 3 rings (SSSR count). The largest absolute Gasteiger partial charge is 0.341 e. The predicted octanol–water partition coefficient (Wildman–Crippen LogP) is 3.68. The van der Waals surface area contributed by atoms with E-state index in [1.165, 1.54) is 38.5 Å². The van der Waals surface area contributed by atoms with Crippen molar-refractivity contribution in [3.05, 3.63) is 4.77 Å². The zero-order valence-electron chi connectivity index (χ0n) is 12.0. The number of H-pyrrole nitrogens is 1. The van der Waals surface area contributed by atoms with Crippen LogP contribution >= 0.6 is 12.2 Å². The van der Waals surface area contributed by atoms with E-state index in [-0.39, 0.29) is 0 Å². The first-order valence-corrected chi connectivity index (χ1v) is 8.02. The van der Waals surface area contributed by atoms with Gasteiger partial charge in [0.25, 0.3) is 0 Å². The van der Waals surface area contributed by atoms with Gasteiger partial charge in [-0.05, 0) is 43.3 Å². The summed E-state index contributed by atoms with van der Waals surface area (Å²) in [4.78, 5) is 2.42. The molecule has 1 saturated carbocycles. The lowest BCUT2D eigenvalue weighted by atomic mass is 9.74. The van der Waals surface area contributed by atoms with Gasteiger partial charge in [0.15, 0.2) is 4.77 Å². The van der Waals surface area contributed by atoms with E-state index in [0.29, 0.717) is 11.5 Å². The second kappa shape index (κ2) is 4.93. The molecule has 1 N–H and O–H groups in total. The van der Waals surface area contributed by atoms with Crippen LogP contribution in [-0.2, 0) is 0 Å². The number of nitrogens with one attached hydrogen (secondary N) is 1. The zero-order valence-corrected chi connectivity index (χ0v) is 12.8. The molecule has 0 bridgehead atoms. The van der Waals surface area contributed by atoms with Crippen molar-refractivity contribution in [2.45, 2.75) is 58.4 Å². The number of aromatic nitrogens is 3. The minimum atomic E-state index is 0.564. The lowest BCUT2D eigenvalue weighted by Gasteiger charge is -2.41. The van der Waals surface area contributed by atoms with E-state index < -0.39 is 0 Å². The number of hydrogen-bond acceptors (Lipinski definition) is 3. The highest BCUT2D eigenvalue weighted by Crippen LogP contribution is 2.41. The molecule has 0 amide bonds. The molecule has 1 aromatic heterocycles. The van der Waals surface area contributed by atoms with E-state index in [1.807, 2.05) is 0 Å². The van der Waals surface area contributed by atoms with Gasteiger partial charge in [-0.25, -0.2) is 5.10 Å². The molecule has 2 heterocycles. The molecule has 19 heavy (non-hydrogen) atoms. The van der Waals surface area contributed by atoms with E-state index in [0.717, 1.165) is 23.8 Å². The van der Waals surface area contributed by atoms with Gasteiger partial charge in [0.05, 0.1) is 0 Å². The molecule has 106 valence electrons. The Hall–Kier alpha value is -0.840.